The van der Waals surface area contributed by atoms with Gasteiger partial charge in [-0.15, -0.1) is 0 Å². The lowest BCUT2D eigenvalue weighted by Gasteiger charge is -2.09. The van der Waals surface area contributed by atoms with Crippen LogP contribution in [-0.2, 0) is 12.8 Å². The van der Waals surface area contributed by atoms with Crippen LogP contribution in [0.4, 0.5) is 0 Å². The average Bonchev–Trinajstić information content (AvgIpc) is 2.59. The molecule has 0 fully saturated rings. The third-order valence-corrected chi connectivity index (χ3v) is 2.37. The Morgan fingerprint density at radius 1 is 1.31 bits per heavy atom. The highest BCUT2D eigenvalue weighted by atomic mass is 16.3. The maximum absolute atomic E-state index is 9.78. The number of nitrogens with zero attached hydrogens (tertiary/aromatic N) is 1. The summed E-state index contributed by atoms with van der Waals surface area (Å²) in [7, 11) is 0. The highest BCUT2D eigenvalue weighted by Crippen LogP contribution is 2.23. The van der Waals surface area contributed by atoms with Gasteiger partial charge in [-0.3, -0.25) is 5.10 Å². The van der Waals surface area contributed by atoms with Crippen molar-refractivity contribution in [1.29, 1.82) is 0 Å². The molecule has 0 spiro atoms. The lowest BCUT2D eigenvalue weighted by Crippen LogP contribution is -2.01. The number of nitrogens with one attached hydrogen (secondary N) is 1. The van der Waals surface area contributed by atoms with Crippen molar-refractivity contribution in [1.82, 2.24) is 10.2 Å². The van der Waals surface area contributed by atoms with Gasteiger partial charge >= 0.3 is 0 Å². The Morgan fingerprint density at radius 2 is 2.00 bits per heavy atom. The van der Waals surface area contributed by atoms with Crippen LogP contribution in [0.3, 0.4) is 0 Å². The fraction of sp³-hybridized carbons (Fsp3) is 0.700. The van der Waals surface area contributed by atoms with E-state index in [0.717, 1.165) is 36.2 Å². The lowest BCUT2D eigenvalue weighted by molar-refractivity contribution is 0.171. The average molecular weight is 182 g/mol. The largest absolute Gasteiger partial charge is 0.388 e. The molecule has 0 saturated heterocycles. The molecular weight excluding hydrogens is 164 g/mol. The number of rotatable bonds is 4. The predicted octanol–water partition coefficient (Wildman–Crippen LogP) is 1.98. The summed E-state index contributed by atoms with van der Waals surface area (Å²) in [6.07, 6.45) is 2.17. The van der Waals surface area contributed by atoms with Gasteiger partial charge in [0.05, 0.1) is 11.8 Å². The van der Waals surface area contributed by atoms with E-state index < -0.39 is 0 Å². The van der Waals surface area contributed by atoms with Gasteiger partial charge < -0.3 is 5.11 Å². The number of hydrogen-bond donors (Lipinski definition) is 2. The summed E-state index contributed by atoms with van der Waals surface area (Å²) in [6, 6.07) is 0. The molecule has 13 heavy (non-hydrogen) atoms. The molecule has 3 nitrogen and oxygen atoms in total. The number of hydrogen-bond acceptors (Lipinski definition) is 2. The van der Waals surface area contributed by atoms with Gasteiger partial charge in [0.15, 0.2) is 0 Å². The van der Waals surface area contributed by atoms with Crippen molar-refractivity contribution >= 4 is 0 Å². The molecule has 1 rings (SSSR count). The van der Waals surface area contributed by atoms with Crippen molar-refractivity contribution in [3.63, 3.8) is 0 Å². The molecule has 1 atom stereocenters. The van der Waals surface area contributed by atoms with Gasteiger partial charge in [-0.05, 0) is 19.3 Å². The molecule has 1 heterocycles. The Hall–Kier alpha value is -0.830. The van der Waals surface area contributed by atoms with Gasteiger partial charge in [0.25, 0.3) is 0 Å². The Bertz CT molecular complexity index is 246. The summed E-state index contributed by atoms with van der Waals surface area (Å²) in [5.74, 6) is 0. The predicted molar refractivity (Wildman–Crippen MR) is 52.6 cm³/mol. The van der Waals surface area contributed by atoms with E-state index in [1.807, 2.05) is 6.92 Å². The van der Waals surface area contributed by atoms with Crippen molar-refractivity contribution in [2.75, 3.05) is 0 Å². The second kappa shape index (κ2) is 4.42. The van der Waals surface area contributed by atoms with Gasteiger partial charge in [-0.25, -0.2) is 0 Å². The van der Waals surface area contributed by atoms with Crippen LogP contribution < -0.4 is 0 Å². The van der Waals surface area contributed by atoms with E-state index in [1.54, 1.807) is 0 Å². The van der Waals surface area contributed by atoms with E-state index in [-0.39, 0.29) is 6.10 Å². The zero-order valence-corrected chi connectivity index (χ0v) is 8.59. The Morgan fingerprint density at radius 3 is 2.46 bits per heavy atom. The number of aliphatic hydroxyl groups is 1. The molecule has 74 valence electrons. The number of H-pyrrole nitrogens is 1. The third kappa shape index (κ3) is 1.91. The number of aliphatic hydroxyl groups excluding tert-OH is 1. The van der Waals surface area contributed by atoms with Crippen molar-refractivity contribution in [2.45, 2.75) is 46.1 Å². The smallest absolute Gasteiger partial charge is 0.0823 e. The Labute approximate surface area is 79.2 Å². The summed E-state index contributed by atoms with van der Waals surface area (Å²) in [4.78, 5) is 0. The number of aromatic amines is 1. The van der Waals surface area contributed by atoms with E-state index in [9.17, 15) is 5.11 Å². The van der Waals surface area contributed by atoms with Gasteiger partial charge in [0, 0.05) is 11.3 Å². The molecule has 0 aliphatic heterocycles. The Balaban J connectivity index is 3.04. The first-order valence-electron chi connectivity index (χ1n) is 4.98. The van der Waals surface area contributed by atoms with Crippen LogP contribution >= 0.6 is 0 Å². The fourth-order valence-electron chi connectivity index (χ4n) is 1.57. The van der Waals surface area contributed by atoms with Crippen LogP contribution in [0.15, 0.2) is 0 Å². The van der Waals surface area contributed by atoms with E-state index in [1.165, 1.54) is 0 Å². The van der Waals surface area contributed by atoms with Crippen molar-refractivity contribution in [3.05, 3.63) is 17.0 Å². The molecule has 0 bridgehead atoms. The fourth-order valence-corrected chi connectivity index (χ4v) is 1.57. The first-order chi connectivity index (χ1) is 6.24. The maximum Gasteiger partial charge on any atom is 0.0823 e. The Kier molecular flexibility index (Phi) is 3.48. The second-order valence-corrected chi connectivity index (χ2v) is 3.19. The van der Waals surface area contributed by atoms with Crippen LogP contribution in [0, 0.1) is 0 Å². The van der Waals surface area contributed by atoms with Gasteiger partial charge in [-0.1, -0.05) is 20.8 Å². The van der Waals surface area contributed by atoms with Crippen LogP contribution in [0.1, 0.15) is 50.2 Å². The highest BCUT2D eigenvalue weighted by Gasteiger charge is 2.16. The van der Waals surface area contributed by atoms with E-state index in [2.05, 4.69) is 24.0 Å². The first-order valence-corrected chi connectivity index (χ1v) is 4.98. The van der Waals surface area contributed by atoms with Crippen molar-refractivity contribution in [3.8, 4) is 0 Å². The molecule has 1 aromatic heterocycles. The van der Waals surface area contributed by atoms with Gasteiger partial charge in [-0.2, -0.15) is 5.10 Å². The molecule has 3 heteroatoms. The normalized spacial score (nSPS) is 13.2. The molecule has 1 unspecified atom stereocenters. The van der Waals surface area contributed by atoms with E-state index in [0.29, 0.717) is 0 Å². The van der Waals surface area contributed by atoms with Crippen LogP contribution in [0.5, 0.6) is 0 Å². The van der Waals surface area contributed by atoms with E-state index in [4.69, 9.17) is 0 Å². The van der Waals surface area contributed by atoms with Crippen LogP contribution in [0.25, 0.3) is 0 Å². The minimum absolute atomic E-state index is 0.358. The maximum atomic E-state index is 9.78. The summed E-state index contributed by atoms with van der Waals surface area (Å²) in [5, 5.41) is 17.0. The monoisotopic (exact) mass is 182 g/mol. The standard InChI is InChI=1S/C10H18N2O/c1-4-7-10(9(13)6-3)8(5-2)12-11-7/h9,13H,4-6H2,1-3H3,(H,11,12). The third-order valence-electron chi connectivity index (χ3n) is 2.37. The number of aryl methyl sites for hydroxylation is 2. The minimum Gasteiger partial charge on any atom is -0.388 e. The summed E-state index contributed by atoms with van der Waals surface area (Å²) in [5.41, 5.74) is 3.10. The second-order valence-electron chi connectivity index (χ2n) is 3.19. The van der Waals surface area contributed by atoms with E-state index >= 15 is 0 Å². The molecule has 0 saturated carbocycles. The molecule has 0 aliphatic rings. The molecule has 1 aromatic rings. The molecular formula is C10H18N2O. The molecule has 0 amide bonds. The quantitative estimate of drug-likeness (QED) is 0.748. The van der Waals surface area contributed by atoms with Crippen LogP contribution in [0.2, 0.25) is 0 Å². The summed E-state index contributed by atoms with van der Waals surface area (Å²) >= 11 is 0. The number of aromatic nitrogens is 2. The van der Waals surface area contributed by atoms with Gasteiger partial charge in [0.1, 0.15) is 0 Å². The topological polar surface area (TPSA) is 48.9 Å². The summed E-state index contributed by atoms with van der Waals surface area (Å²) in [6.45, 7) is 6.11. The highest BCUT2D eigenvalue weighted by molar-refractivity contribution is 5.27. The molecule has 0 aromatic carbocycles. The SMILES string of the molecule is CCc1n[nH]c(CC)c1C(O)CC. The lowest BCUT2D eigenvalue weighted by atomic mass is 10.0. The van der Waals surface area contributed by atoms with Crippen molar-refractivity contribution < 1.29 is 5.11 Å². The molecule has 0 aliphatic carbocycles. The molecule has 0 radical (unpaired) electrons. The summed E-state index contributed by atoms with van der Waals surface area (Å²) < 4.78 is 0. The van der Waals surface area contributed by atoms with Crippen LogP contribution in [-0.4, -0.2) is 15.3 Å². The first kappa shape index (κ1) is 10.3. The minimum atomic E-state index is -0.358. The van der Waals surface area contributed by atoms with Crippen molar-refractivity contribution in [2.24, 2.45) is 0 Å². The molecule has 2 N–H and O–H groups in total. The van der Waals surface area contributed by atoms with Gasteiger partial charge in [0.2, 0.25) is 0 Å². The zero-order valence-electron chi connectivity index (χ0n) is 8.59. The zero-order chi connectivity index (χ0) is 9.84.